The number of aryl methyl sites for hydroxylation is 1. The summed E-state index contributed by atoms with van der Waals surface area (Å²) >= 11 is 1.22. The fraction of sp³-hybridized carbons (Fsp3) is 0.618. The number of aliphatic hydroxyl groups excluding tert-OH is 5. The van der Waals surface area contributed by atoms with Crippen molar-refractivity contribution >= 4 is 64.1 Å². The van der Waals surface area contributed by atoms with Crippen LogP contribution >= 0.6 is 11.8 Å². The summed E-state index contributed by atoms with van der Waals surface area (Å²) in [6.07, 6.45) is -8.72. The van der Waals surface area contributed by atoms with Crippen molar-refractivity contribution in [2.45, 2.75) is 177 Å². The molecule has 1 fully saturated rings. The number of rotatable bonds is 27. The molecule has 4 aliphatic rings. The van der Waals surface area contributed by atoms with Gasteiger partial charge in [-0.3, -0.25) is 38.9 Å². The molecule has 11 atom stereocenters. The van der Waals surface area contributed by atoms with Crippen molar-refractivity contribution in [2.24, 2.45) is 5.92 Å². The number of aliphatic hydroxyl groups is 6. The number of carbonyl (C=O) groups excluding carboxylic acids is 6. The largest absolute Gasteiger partial charge is 0.481 e. The number of aromatic nitrogens is 2. The maximum Gasteiger partial charge on any atom is 0.343 e. The number of nitrogens with one attached hydrogen (secondary N) is 6. The number of fused-ring (bicyclic) bond motifs is 5. The van der Waals surface area contributed by atoms with Gasteiger partial charge < -0.3 is 81.1 Å². The summed E-state index contributed by atoms with van der Waals surface area (Å²) in [7, 11) is 0. The van der Waals surface area contributed by atoms with Gasteiger partial charge in [0.2, 0.25) is 29.5 Å². The van der Waals surface area contributed by atoms with Gasteiger partial charge in [-0.05, 0) is 67.7 Å². The molecule has 1 aliphatic carbocycles. The summed E-state index contributed by atoms with van der Waals surface area (Å²) in [4.78, 5) is 110. The third kappa shape index (κ3) is 14.1. The van der Waals surface area contributed by atoms with Crippen LogP contribution in [0.25, 0.3) is 22.3 Å². The Labute approximate surface area is 481 Å². The van der Waals surface area contributed by atoms with Crippen LogP contribution in [0.4, 0.5) is 4.39 Å². The van der Waals surface area contributed by atoms with Crippen LogP contribution < -0.4 is 37.5 Å². The first kappa shape index (κ1) is 64.4. The average molecular weight is 1190 g/mol. The van der Waals surface area contributed by atoms with Crippen LogP contribution in [0.1, 0.15) is 119 Å². The third-order valence-corrected chi connectivity index (χ3v) is 17.4. The van der Waals surface area contributed by atoms with E-state index in [0.29, 0.717) is 64.7 Å². The summed E-state index contributed by atoms with van der Waals surface area (Å²) in [5.41, 5.74) is 0.903. The molecule has 2 unspecified atom stereocenters. The molecule has 83 heavy (non-hydrogen) atoms. The molecule has 13 N–H and O–H groups in total. The minimum atomic E-state index is -2.09. The number of halogens is 1. The molecule has 26 nitrogen and oxygen atoms in total. The molecule has 1 saturated heterocycles. The summed E-state index contributed by atoms with van der Waals surface area (Å²) < 4.78 is 33.4. The molecule has 1 aromatic carbocycles. The SMILES string of the molecule is CCC(CC)SC(CC(=O)O)C(=O)NCC(=O)NCCC(=O)N[C@H](C(=O)N[C@@H](CO[C@@H]1O[C@H](CO)[C@@H](O)[C@H](O)[C@H]1O)C(=O)NCCC(O)N[C@H]1CCc2c(C)c(F)cc3nc4c(c1c23)Cn1c-4cc2c(c1=O)COC(=O)[C@]2(O)CC)C(C)C. The van der Waals surface area contributed by atoms with Gasteiger partial charge in [0.25, 0.3) is 5.56 Å². The predicted molar refractivity (Wildman–Crippen MR) is 294 cm³/mol. The molecule has 5 amide bonds. The normalized spacial score (nSPS) is 23.0. The first-order valence-corrected chi connectivity index (χ1v) is 28.8. The molecule has 0 saturated carbocycles. The monoisotopic (exact) mass is 1190 g/mol. The molecule has 7 rings (SSSR count). The van der Waals surface area contributed by atoms with Crippen molar-refractivity contribution < 1.29 is 87.9 Å². The Morgan fingerprint density at radius 3 is 2.31 bits per heavy atom. The van der Waals surface area contributed by atoms with Gasteiger partial charge in [-0.2, -0.15) is 0 Å². The van der Waals surface area contributed by atoms with Crippen molar-refractivity contribution in [3.8, 4) is 11.4 Å². The Hall–Kier alpha value is -6.21. The number of cyclic esters (lactones) is 1. The standard InChI is InChI=1S/C55H75FN8O18S/c1-7-26(8-2)83-37(18-41(69)70)50(75)59-19-40(68)57-14-12-39(67)63-44(24(4)5)51(76)62-34(23-80-53-48(73)47(72)46(71)36(21-65)82-53)49(74)58-15-13-38(66)60-32-11-10-27-25(6)31(56)17-33-42(27)43(32)28-20-64-35(45(28)61-33)16-30-29(52(64)77)22-81-54(78)55(30,79)9-3/h16-17,24,26,32,34,36-38,44,46-48,53,60,65-66,71-73,79H,7-15,18-23H2,1-6H3,(H,57,68)(H,58,74)(H,59,75)(H,62,76)(H,63,67)(H,69,70)/t32-,34-,36+,37?,38?,44-,46+,47-,48+,53+,55-/m0/s1. The van der Waals surface area contributed by atoms with Crippen LogP contribution in [0.3, 0.4) is 0 Å². The highest BCUT2D eigenvalue weighted by atomic mass is 32.2. The predicted octanol–water partition coefficient (Wildman–Crippen LogP) is -1.24. The Kier molecular flexibility index (Phi) is 21.4. The average Bonchev–Trinajstić information content (AvgIpc) is 1.82. The molecular formula is C55H75FN8O18S. The highest BCUT2D eigenvalue weighted by Gasteiger charge is 2.47. The van der Waals surface area contributed by atoms with Gasteiger partial charge >= 0.3 is 11.9 Å². The number of hydrogen-bond donors (Lipinski definition) is 13. The molecule has 0 bridgehead atoms. The van der Waals surface area contributed by atoms with Crippen molar-refractivity contribution in [1.29, 1.82) is 0 Å². The van der Waals surface area contributed by atoms with E-state index in [0.717, 1.165) is 0 Å². The van der Waals surface area contributed by atoms with Gasteiger partial charge in [0, 0.05) is 59.8 Å². The van der Waals surface area contributed by atoms with E-state index in [1.54, 1.807) is 33.8 Å². The second kappa shape index (κ2) is 27.7. The van der Waals surface area contributed by atoms with E-state index in [4.69, 9.17) is 19.2 Å². The zero-order chi connectivity index (χ0) is 60.8. The Morgan fingerprint density at radius 1 is 0.928 bits per heavy atom. The van der Waals surface area contributed by atoms with Crippen molar-refractivity contribution in [1.82, 2.24) is 41.5 Å². The number of carboxylic acid groups (broad SMARTS) is 1. The van der Waals surface area contributed by atoms with Crippen LogP contribution in [0.2, 0.25) is 0 Å². The van der Waals surface area contributed by atoms with Gasteiger partial charge in [0.15, 0.2) is 11.9 Å². The number of esters is 1. The summed E-state index contributed by atoms with van der Waals surface area (Å²) in [6.45, 7) is 7.48. The lowest BCUT2D eigenvalue weighted by molar-refractivity contribution is -0.301. The van der Waals surface area contributed by atoms with Gasteiger partial charge in [0.1, 0.15) is 55.2 Å². The molecule has 28 heteroatoms. The molecule has 3 aliphatic heterocycles. The third-order valence-electron chi connectivity index (χ3n) is 15.7. The number of nitrogens with zero attached hydrogens (tertiary/aromatic N) is 2. The maximum atomic E-state index is 15.5. The summed E-state index contributed by atoms with van der Waals surface area (Å²) in [5.74, 6) is -6.90. The highest BCUT2D eigenvalue weighted by molar-refractivity contribution is 8.01. The van der Waals surface area contributed by atoms with Crippen LogP contribution in [0.15, 0.2) is 16.9 Å². The van der Waals surface area contributed by atoms with Crippen LogP contribution in [-0.2, 0) is 72.9 Å². The molecule has 3 aromatic rings. The second-order valence-electron chi connectivity index (χ2n) is 21.5. The molecular weight excluding hydrogens is 1110 g/mol. The van der Waals surface area contributed by atoms with Gasteiger partial charge in [-0.25, -0.2) is 14.2 Å². The van der Waals surface area contributed by atoms with E-state index in [1.165, 1.54) is 22.4 Å². The lowest BCUT2D eigenvalue weighted by atomic mass is 9.81. The Balaban J connectivity index is 1.02. The minimum Gasteiger partial charge on any atom is -0.481 e. The lowest BCUT2D eigenvalue weighted by Crippen LogP contribution is -2.61. The summed E-state index contributed by atoms with van der Waals surface area (Å²) in [6, 6.07) is -0.675. The van der Waals surface area contributed by atoms with Crippen molar-refractivity contribution in [3.05, 3.63) is 61.7 Å². The van der Waals surface area contributed by atoms with E-state index in [1.807, 2.05) is 13.8 Å². The number of pyridine rings is 2. The van der Waals surface area contributed by atoms with Crippen LogP contribution in [0.5, 0.6) is 0 Å². The first-order chi connectivity index (χ1) is 39.4. The minimum absolute atomic E-state index is 0.0201. The summed E-state index contributed by atoms with van der Waals surface area (Å²) in [5, 5.41) is 89.2. The van der Waals surface area contributed by atoms with Crippen molar-refractivity contribution in [2.75, 3.05) is 32.8 Å². The van der Waals surface area contributed by atoms with Gasteiger partial charge in [-0.15, -0.1) is 11.8 Å². The molecule has 456 valence electrons. The van der Waals surface area contributed by atoms with E-state index < -0.39 is 151 Å². The quantitative estimate of drug-likeness (QED) is 0.0245. The van der Waals surface area contributed by atoms with Gasteiger partial charge in [-0.1, -0.05) is 34.6 Å². The Bertz CT molecular complexity index is 3020. The Morgan fingerprint density at radius 2 is 1.65 bits per heavy atom. The fourth-order valence-electron chi connectivity index (χ4n) is 10.8. The topological polar surface area (TPSA) is 396 Å². The number of carboxylic acids is 1. The van der Waals surface area contributed by atoms with Crippen LogP contribution in [-0.4, -0.2) is 179 Å². The number of carbonyl (C=O) groups is 7. The van der Waals surface area contributed by atoms with E-state index in [2.05, 4.69) is 31.9 Å². The van der Waals surface area contributed by atoms with E-state index in [9.17, 15) is 74.1 Å². The lowest BCUT2D eigenvalue weighted by Gasteiger charge is -2.40. The van der Waals surface area contributed by atoms with E-state index in [-0.39, 0.29) is 67.4 Å². The first-order valence-electron chi connectivity index (χ1n) is 27.8. The second-order valence-corrected chi connectivity index (χ2v) is 23.0. The number of ether oxygens (including phenoxy) is 3. The van der Waals surface area contributed by atoms with Gasteiger partial charge in [0.05, 0.1) is 60.4 Å². The molecule has 2 aromatic heterocycles. The zero-order valence-electron chi connectivity index (χ0n) is 47.0. The van der Waals surface area contributed by atoms with Crippen LogP contribution in [0, 0.1) is 18.7 Å². The zero-order valence-corrected chi connectivity index (χ0v) is 47.8. The molecule has 0 radical (unpaired) electrons. The number of hydrogen-bond acceptors (Lipinski definition) is 20. The van der Waals surface area contributed by atoms with Crippen molar-refractivity contribution in [3.63, 3.8) is 0 Å². The molecule has 0 spiro atoms. The smallest absolute Gasteiger partial charge is 0.343 e. The number of amides is 5. The highest BCUT2D eigenvalue weighted by Crippen LogP contribution is 2.46. The fourth-order valence-corrected chi connectivity index (χ4v) is 12.1. The number of benzene rings is 1. The van der Waals surface area contributed by atoms with E-state index >= 15 is 4.39 Å². The maximum absolute atomic E-state index is 15.5. The number of aliphatic carboxylic acids is 1. The molecule has 5 heterocycles. The number of thioether (sulfide) groups is 1.